The number of hydrogen-bond donors (Lipinski definition) is 2. The number of carbonyl (C=O) groups excluding carboxylic acids is 1. The molecule has 40 heavy (non-hydrogen) atoms. The number of nitrogens with zero attached hydrogens (tertiary/aromatic N) is 7. The number of β-amino-alcohol motifs (C(OH)–C–C–N with tert-alkyl or cyclic N) is 2. The monoisotopic (exact) mass is 549 g/mol. The van der Waals surface area contributed by atoms with E-state index < -0.39 is 29.7 Å². The van der Waals surface area contributed by atoms with E-state index in [4.69, 9.17) is 0 Å². The number of halogens is 2. The Morgan fingerprint density at radius 2 is 1.70 bits per heavy atom. The third-order valence-corrected chi connectivity index (χ3v) is 7.75. The van der Waals surface area contributed by atoms with Crippen LogP contribution < -0.4 is 4.90 Å². The highest BCUT2D eigenvalue weighted by Crippen LogP contribution is 2.31. The van der Waals surface area contributed by atoms with E-state index in [1.54, 1.807) is 12.4 Å². The summed E-state index contributed by atoms with van der Waals surface area (Å²) >= 11 is 0. The standard InChI is InChI=1S/C28H29F2N7O3/c1-16-10-31-28(32-11-16)35-6-4-19(5-7-35)37-12-21(30)25-22(33-15-34-26(25)37)9-17-2-3-18(8-20(17)29)27(40)36-13-23(38)24(39)14-36/h2-3,8,10-12,15,19,23-24,38-39H,4-7,9,13-14H2,1H3/t23-,24-/m0/s1. The molecule has 0 bridgehead atoms. The second-order valence-corrected chi connectivity index (χ2v) is 10.5. The molecule has 0 saturated carbocycles. The molecule has 5 heterocycles. The topological polar surface area (TPSA) is 121 Å². The van der Waals surface area contributed by atoms with Gasteiger partial charge in [0.05, 0.1) is 23.3 Å². The van der Waals surface area contributed by atoms with Crippen molar-refractivity contribution in [3.63, 3.8) is 0 Å². The summed E-state index contributed by atoms with van der Waals surface area (Å²) in [5, 5.41) is 19.7. The van der Waals surface area contributed by atoms with Crippen LogP contribution in [0.1, 0.15) is 46.1 Å². The Labute approximate surface area is 228 Å². The lowest BCUT2D eigenvalue weighted by molar-refractivity contribution is 0.0572. The van der Waals surface area contributed by atoms with Crippen molar-refractivity contribution >= 4 is 22.9 Å². The number of carbonyl (C=O) groups is 1. The second-order valence-electron chi connectivity index (χ2n) is 10.5. The zero-order valence-corrected chi connectivity index (χ0v) is 21.9. The Hall–Kier alpha value is -4.03. The van der Waals surface area contributed by atoms with Gasteiger partial charge in [-0.2, -0.15) is 0 Å². The average Bonchev–Trinajstić information content (AvgIpc) is 3.48. The third kappa shape index (κ3) is 4.88. The van der Waals surface area contributed by atoms with E-state index >= 15 is 8.78 Å². The summed E-state index contributed by atoms with van der Waals surface area (Å²) in [6, 6.07) is 4.13. The SMILES string of the molecule is Cc1cnc(N2CCC(n3cc(F)c4c(Cc5ccc(C(=O)N6C[C@H](O)[C@@H](O)C6)cc5F)ncnc43)CC2)nc1. The van der Waals surface area contributed by atoms with E-state index in [1.165, 1.54) is 29.6 Å². The molecule has 2 N–H and O–H groups in total. The van der Waals surface area contributed by atoms with Crippen molar-refractivity contribution < 1.29 is 23.8 Å². The number of hydrogen-bond acceptors (Lipinski definition) is 8. The van der Waals surface area contributed by atoms with Gasteiger partial charge in [0.1, 0.15) is 17.8 Å². The van der Waals surface area contributed by atoms with Gasteiger partial charge in [-0.15, -0.1) is 0 Å². The maximum absolute atomic E-state index is 15.3. The summed E-state index contributed by atoms with van der Waals surface area (Å²) in [6.45, 7) is 3.35. The number of piperidine rings is 1. The van der Waals surface area contributed by atoms with Gasteiger partial charge in [-0.3, -0.25) is 4.79 Å². The Morgan fingerprint density at radius 1 is 1.00 bits per heavy atom. The van der Waals surface area contributed by atoms with Gasteiger partial charge in [0.25, 0.3) is 5.91 Å². The maximum atomic E-state index is 15.3. The fourth-order valence-electron chi connectivity index (χ4n) is 5.53. The summed E-state index contributed by atoms with van der Waals surface area (Å²) in [5.74, 6) is -0.882. The highest BCUT2D eigenvalue weighted by atomic mass is 19.1. The van der Waals surface area contributed by atoms with Crippen molar-refractivity contribution in [1.29, 1.82) is 0 Å². The predicted octanol–water partition coefficient (Wildman–Crippen LogP) is 2.42. The number of anilines is 1. The normalized spacial score (nSPS) is 20.0. The summed E-state index contributed by atoms with van der Waals surface area (Å²) in [7, 11) is 0. The predicted molar refractivity (Wildman–Crippen MR) is 142 cm³/mol. The van der Waals surface area contributed by atoms with Crippen LogP contribution in [0, 0.1) is 18.6 Å². The van der Waals surface area contributed by atoms with Crippen LogP contribution >= 0.6 is 0 Å². The van der Waals surface area contributed by atoms with E-state index in [0.29, 0.717) is 17.3 Å². The molecule has 1 aromatic carbocycles. The molecule has 3 aromatic heterocycles. The van der Waals surface area contributed by atoms with E-state index in [1.807, 2.05) is 11.5 Å². The molecule has 12 heteroatoms. The molecule has 1 amide bonds. The molecule has 208 valence electrons. The van der Waals surface area contributed by atoms with Crippen molar-refractivity contribution in [2.45, 2.75) is 44.4 Å². The second kappa shape index (κ2) is 10.5. The molecule has 2 aliphatic heterocycles. The molecule has 2 fully saturated rings. The van der Waals surface area contributed by atoms with E-state index in [2.05, 4.69) is 24.8 Å². The largest absolute Gasteiger partial charge is 0.388 e. The van der Waals surface area contributed by atoms with E-state index in [-0.39, 0.29) is 42.1 Å². The van der Waals surface area contributed by atoms with Crippen molar-refractivity contribution in [3.05, 3.63) is 77.1 Å². The van der Waals surface area contributed by atoms with Gasteiger partial charge in [0.2, 0.25) is 5.95 Å². The van der Waals surface area contributed by atoms with E-state index in [9.17, 15) is 15.0 Å². The number of fused-ring (bicyclic) bond motifs is 1. The van der Waals surface area contributed by atoms with Gasteiger partial charge in [0, 0.05) is 62.8 Å². The van der Waals surface area contributed by atoms with Gasteiger partial charge in [-0.05, 0) is 43.0 Å². The molecule has 2 atom stereocenters. The van der Waals surface area contributed by atoms with Gasteiger partial charge >= 0.3 is 0 Å². The Kier molecular flexibility index (Phi) is 6.88. The number of benzene rings is 1. The van der Waals surface area contributed by atoms with Crippen LogP contribution in [0.4, 0.5) is 14.7 Å². The van der Waals surface area contributed by atoms with E-state index in [0.717, 1.165) is 37.6 Å². The maximum Gasteiger partial charge on any atom is 0.254 e. The highest BCUT2D eigenvalue weighted by molar-refractivity contribution is 5.94. The molecule has 0 aliphatic carbocycles. The minimum Gasteiger partial charge on any atom is -0.388 e. The summed E-state index contributed by atoms with van der Waals surface area (Å²) in [4.78, 5) is 33.6. The van der Waals surface area contributed by atoms with Crippen LogP contribution in [-0.4, -0.2) is 83.9 Å². The molecule has 6 rings (SSSR count). The number of likely N-dealkylation sites (tertiary alicyclic amines) is 1. The van der Waals surface area contributed by atoms with Crippen LogP contribution in [0.25, 0.3) is 11.0 Å². The van der Waals surface area contributed by atoms with Crippen LogP contribution in [0.15, 0.2) is 43.1 Å². The Morgan fingerprint density at radius 3 is 2.38 bits per heavy atom. The molecular formula is C28H29F2N7O3. The quantitative estimate of drug-likeness (QED) is 0.390. The molecule has 0 spiro atoms. The summed E-state index contributed by atoms with van der Waals surface area (Å²) in [6.07, 6.45) is 5.88. The first kappa shape index (κ1) is 26.2. The van der Waals surface area contributed by atoms with Crippen LogP contribution in [0.3, 0.4) is 0 Å². The smallest absolute Gasteiger partial charge is 0.254 e. The number of aliphatic hydroxyl groups is 2. The van der Waals surface area contributed by atoms with Gasteiger partial charge < -0.3 is 24.6 Å². The van der Waals surface area contributed by atoms with Crippen LogP contribution in [0.5, 0.6) is 0 Å². The fourth-order valence-corrected chi connectivity index (χ4v) is 5.53. The van der Waals surface area contributed by atoms with Crippen molar-refractivity contribution in [2.75, 3.05) is 31.1 Å². The first-order valence-electron chi connectivity index (χ1n) is 13.3. The van der Waals surface area contributed by atoms with Crippen LogP contribution in [0.2, 0.25) is 0 Å². The first-order valence-corrected chi connectivity index (χ1v) is 13.3. The average molecular weight is 550 g/mol. The fraction of sp³-hybridized carbons (Fsp3) is 0.393. The zero-order chi connectivity index (χ0) is 28.0. The number of aryl methyl sites for hydroxylation is 1. The number of rotatable bonds is 5. The third-order valence-electron chi connectivity index (χ3n) is 7.75. The van der Waals surface area contributed by atoms with Crippen molar-refractivity contribution in [3.8, 4) is 0 Å². The Balaban J connectivity index is 1.20. The van der Waals surface area contributed by atoms with Crippen molar-refractivity contribution in [2.24, 2.45) is 0 Å². The first-order chi connectivity index (χ1) is 19.3. The molecule has 2 aliphatic rings. The number of aromatic nitrogens is 5. The Bertz CT molecular complexity index is 1540. The van der Waals surface area contributed by atoms with Gasteiger partial charge in [-0.1, -0.05) is 6.07 Å². The molecule has 0 unspecified atom stereocenters. The summed E-state index contributed by atoms with van der Waals surface area (Å²) < 4.78 is 32.2. The lowest BCUT2D eigenvalue weighted by atomic mass is 10.0. The van der Waals surface area contributed by atoms with Crippen LogP contribution in [-0.2, 0) is 6.42 Å². The lowest BCUT2D eigenvalue weighted by Gasteiger charge is -2.32. The number of aliphatic hydroxyl groups excluding tert-OH is 2. The lowest BCUT2D eigenvalue weighted by Crippen LogP contribution is -2.35. The minimum absolute atomic E-state index is 0.0166. The zero-order valence-electron chi connectivity index (χ0n) is 21.9. The van der Waals surface area contributed by atoms with Gasteiger partial charge in [-0.25, -0.2) is 28.7 Å². The van der Waals surface area contributed by atoms with Gasteiger partial charge in [0.15, 0.2) is 5.82 Å². The minimum atomic E-state index is -1.02. The van der Waals surface area contributed by atoms with Crippen molar-refractivity contribution in [1.82, 2.24) is 29.4 Å². The highest BCUT2D eigenvalue weighted by Gasteiger charge is 2.33. The molecule has 2 saturated heterocycles. The molecule has 10 nitrogen and oxygen atoms in total. The molecular weight excluding hydrogens is 520 g/mol. The summed E-state index contributed by atoms with van der Waals surface area (Å²) in [5.41, 5.74) is 2.18. The molecule has 4 aromatic rings. The molecule has 0 radical (unpaired) electrons. The number of amides is 1.